The predicted molar refractivity (Wildman–Crippen MR) is 67.4 cm³/mol. The summed E-state index contributed by atoms with van der Waals surface area (Å²) >= 11 is 6.05. The standard InChI is InChI=1S/C11H11ClN4O2/c1-2-6-15-7-13-14-11(15)10-8(12)4-3-5-9(10)16(17)18/h3-5,7H,2,6H2,1H3. The van der Waals surface area contributed by atoms with Gasteiger partial charge >= 0.3 is 0 Å². The second-order valence-electron chi connectivity index (χ2n) is 3.74. The summed E-state index contributed by atoms with van der Waals surface area (Å²) in [5, 5.41) is 19.1. The summed E-state index contributed by atoms with van der Waals surface area (Å²) in [7, 11) is 0. The molecule has 0 spiro atoms. The molecule has 7 heteroatoms. The molecule has 0 unspecified atom stereocenters. The zero-order valence-corrected chi connectivity index (χ0v) is 10.5. The van der Waals surface area contributed by atoms with Gasteiger partial charge < -0.3 is 4.57 Å². The second-order valence-corrected chi connectivity index (χ2v) is 4.15. The first-order chi connectivity index (χ1) is 8.65. The van der Waals surface area contributed by atoms with Gasteiger partial charge in [0.1, 0.15) is 11.9 Å². The quantitative estimate of drug-likeness (QED) is 0.630. The van der Waals surface area contributed by atoms with Crippen LogP contribution in [-0.4, -0.2) is 19.7 Å². The van der Waals surface area contributed by atoms with Crippen LogP contribution in [-0.2, 0) is 6.54 Å². The van der Waals surface area contributed by atoms with Crippen LogP contribution in [0.1, 0.15) is 13.3 Å². The van der Waals surface area contributed by atoms with Crippen molar-refractivity contribution < 1.29 is 4.92 Å². The summed E-state index contributed by atoms with van der Waals surface area (Å²) in [6, 6.07) is 4.56. The van der Waals surface area contributed by atoms with E-state index < -0.39 is 4.92 Å². The lowest BCUT2D eigenvalue weighted by Gasteiger charge is -2.07. The first kappa shape index (κ1) is 12.5. The van der Waals surface area contributed by atoms with Gasteiger partial charge in [0.15, 0.2) is 5.82 Å². The molecule has 1 aromatic carbocycles. The van der Waals surface area contributed by atoms with E-state index >= 15 is 0 Å². The summed E-state index contributed by atoms with van der Waals surface area (Å²) < 4.78 is 1.76. The van der Waals surface area contributed by atoms with Crippen LogP contribution >= 0.6 is 11.6 Å². The largest absolute Gasteiger partial charge is 0.313 e. The fourth-order valence-corrected chi connectivity index (χ4v) is 1.99. The summed E-state index contributed by atoms with van der Waals surface area (Å²) in [5.41, 5.74) is 0.253. The van der Waals surface area contributed by atoms with Gasteiger partial charge in [-0.1, -0.05) is 24.6 Å². The van der Waals surface area contributed by atoms with Crippen LogP contribution in [0.25, 0.3) is 11.4 Å². The lowest BCUT2D eigenvalue weighted by Crippen LogP contribution is -2.01. The van der Waals surface area contributed by atoms with Crippen molar-refractivity contribution in [2.75, 3.05) is 0 Å². The minimum atomic E-state index is -0.466. The highest BCUT2D eigenvalue weighted by atomic mass is 35.5. The summed E-state index contributed by atoms with van der Waals surface area (Å²) in [6.07, 6.45) is 2.43. The monoisotopic (exact) mass is 266 g/mol. The minimum Gasteiger partial charge on any atom is -0.313 e. The fourth-order valence-electron chi connectivity index (χ4n) is 1.74. The number of aryl methyl sites for hydroxylation is 1. The Balaban J connectivity index is 2.62. The first-order valence-corrected chi connectivity index (χ1v) is 5.84. The molecular weight excluding hydrogens is 256 g/mol. The third-order valence-electron chi connectivity index (χ3n) is 2.49. The van der Waals surface area contributed by atoms with Gasteiger partial charge in [0.25, 0.3) is 5.69 Å². The summed E-state index contributed by atoms with van der Waals surface area (Å²) in [4.78, 5) is 10.6. The molecule has 0 fully saturated rings. The second kappa shape index (κ2) is 5.14. The van der Waals surface area contributed by atoms with Crippen molar-refractivity contribution in [3.63, 3.8) is 0 Å². The molecule has 0 saturated heterocycles. The third-order valence-corrected chi connectivity index (χ3v) is 2.81. The Kier molecular flexibility index (Phi) is 3.57. The smallest absolute Gasteiger partial charge is 0.281 e. The highest BCUT2D eigenvalue weighted by Crippen LogP contribution is 2.34. The molecule has 0 bridgehead atoms. The van der Waals surface area contributed by atoms with Crippen LogP contribution in [0.3, 0.4) is 0 Å². The number of nitrogens with zero attached hydrogens (tertiary/aromatic N) is 4. The van der Waals surface area contributed by atoms with Gasteiger partial charge in [0.05, 0.1) is 9.95 Å². The van der Waals surface area contributed by atoms with Gasteiger partial charge in [-0.05, 0) is 12.5 Å². The molecule has 0 saturated carbocycles. The first-order valence-electron chi connectivity index (χ1n) is 5.46. The van der Waals surface area contributed by atoms with Gasteiger partial charge in [-0.2, -0.15) is 0 Å². The van der Waals surface area contributed by atoms with Crippen molar-refractivity contribution in [3.8, 4) is 11.4 Å². The van der Waals surface area contributed by atoms with Gasteiger partial charge in [-0.25, -0.2) is 0 Å². The van der Waals surface area contributed by atoms with E-state index in [1.54, 1.807) is 23.0 Å². The van der Waals surface area contributed by atoms with Gasteiger partial charge in [0.2, 0.25) is 0 Å². The summed E-state index contributed by atoms with van der Waals surface area (Å²) in [5.74, 6) is 0.425. The normalized spacial score (nSPS) is 10.6. The van der Waals surface area contributed by atoms with Crippen molar-refractivity contribution in [1.82, 2.24) is 14.8 Å². The van der Waals surface area contributed by atoms with E-state index in [1.807, 2.05) is 6.92 Å². The number of aromatic nitrogens is 3. The van der Waals surface area contributed by atoms with E-state index in [1.165, 1.54) is 6.07 Å². The van der Waals surface area contributed by atoms with E-state index in [0.717, 1.165) is 6.42 Å². The number of hydrogen-bond donors (Lipinski definition) is 0. The lowest BCUT2D eigenvalue weighted by molar-refractivity contribution is -0.384. The molecule has 0 aliphatic rings. The molecule has 0 N–H and O–H groups in total. The number of nitro groups is 1. The van der Waals surface area contributed by atoms with Gasteiger partial charge in [0, 0.05) is 12.6 Å². The molecular formula is C11H11ClN4O2. The molecule has 2 aromatic rings. The van der Waals surface area contributed by atoms with Crippen LogP contribution in [0.4, 0.5) is 5.69 Å². The van der Waals surface area contributed by atoms with Crippen molar-refractivity contribution in [1.29, 1.82) is 0 Å². The summed E-state index contributed by atoms with van der Waals surface area (Å²) in [6.45, 7) is 2.69. The van der Waals surface area contributed by atoms with Crippen LogP contribution in [0.15, 0.2) is 24.5 Å². The van der Waals surface area contributed by atoms with Crippen LogP contribution < -0.4 is 0 Å². The van der Waals surface area contributed by atoms with Crippen LogP contribution in [0.2, 0.25) is 5.02 Å². The maximum Gasteiger partial charge on any atom is 0.281 e. The van der Waals surface area contributed by atoms with Crippen molar-refractivity contribution >= 4 is 17.3 Å². The molecule has 0 aliphatic carbocycles. The van der Waals surface area contributed by atoms with Crippen molar-refractivity contribution in [2.24, 2.45) is 0 Å². The fraction of sp³-hybridized carbons (Fsp3) is 0.273. The van der Waals surface area contributed by atoms with E-state index in [0.29, 0.717) is 23.0 Å². The van der Waals surface area contributed by atoms with E-state index in [2.05, 4.69) is 10.2 Å². The number of halogens is 1. The zero-order valence-electron chi connectivity index (χ0n) is 9.71. The molecule has 94 valence electrons. The SMILES string of the molecule is CCCn1cnnc1-c1c(Cl)cccc1[N+](=O)[O-]. The number of nitro benzene ring substituents is 1. The molecule has 18 heavy (non-hydrogen) atoms. The molecule has 1 aromatic heterocycles. The number of benzene rings is 1. The van der Waals surface area contributed by atoms with Crippen molar-refractivity contribution in [3.05, 3.63) is 39.7 Å². The predicted octanol–water partition coefficient (Wildman–Crippen LogP) is 2.92. The maximum absolute atomic E-state index is 11.0. The Labute approximate surface area is 108 Å². The Morgan fingerprint density at radius 1 is 1.50 bits per heavy atom. The molecule has 0 amide bonds. The Bertz CT molecular complexity index is 582. The van der Waals surface area contributed by atoms with Gasteiger partial charge in [-0.3, -0.25) is 10.1 Å². The molecule has 0 atom stereocenters. The highest BCUT2D eigenvalue weighted by Gasteiger charge is 2.22. The number of hydrogen-bond acceptors (Lipinski definition) is 4. The third kappa shape index (κ3) is 2.19. The Hall–Kier alpha value is -1.95. The number of rotatable bonds is 4. The Morgan fingerprint density at radius 2 is 2.28 bits per heavy atom. The zero-order chi connectivity index (χ0) is 13.1. The average Bonchev–Trinajstić information content (AvgIpc) is 2.77. The van der Waals surface area contributed by atoms with Gasteiger partial charge in [-0.15, -0.1) is 10.2 Å². The molecule has 6 nitrogen and oxygen atoms in total. The molecule has 0 radical (unpaired) electrons. The van der Waals surface area contributed by atoms with Crippen LogP contribution in [0.5, 0.6) is 0 Å². The Morgan fingerprint density at radius 3 is 2.94 bits per heavy atom. The highest BCUT2D eigenvalue weighted by molar-refractivity contribution is 6.33. The minimum absolute atomic E-state index is 0.0622. The molecule has 2 rings (SSSR count). The van der Waals surface area contributed by atoms with Crippen LogP contribution in [0, 0.1) is 10.1 Å². The maximum atomic E-state index is 11.0. The van der Waals surface area contributed by atoms with Crippen molar-refractivity contribution in [2.45, 2.75) is 19.9 Å². The van der Waals surface area contributed by atoms with E-state index in [4.69, 9.17) is 11.6 Å². The molecule has 0 aliphatic heterocycles. The van der Waals surface area contributed by atoms with E-state index in [-0.39, 0.29) is 5.69 Å². The lowest BCUT2D eigenvalue weighted by atomic mass is 10.1. The molecule has 1 heterocycles. The topological polar surface area (TPSA) is 73.8 Å². The average molecular weight is 267 g/mol. The van der Waals surface area contributed by atoms with E-state index in [9.17, 15) is 10.1 Å².